The first-order chi connectivity index (χ1) is 13.4. The quantitative estimate of drug-likeness (QED) is 0.334. The molecule has 1 heterocycles. The highest BCUT2D eigenvalue weighted by molar-refractivity contribution is 6.31. The van der Waals surface area contributed by atoms with E-state index in [1.54, 1.807) is 0 Å². The van der Waals surface area contributed by atoms with Crippen molar-refractivity contribution < 1.29 is 24.0 Å². The van der Waals surface area contributed by atoms with E-state index in [9.17, 15) is 24.5 Å². The second kappa shape index (κ2) is 8.64. The van der Waals surface area contributed by atoms with Gasteiger partial charge in [0.15, 0.2) is 5.75 Å². The average Bonchev–Trinajstić information content (AvgIpc) is 2.66. The van der Waals surface area contributed by atoms with Crippen molar-refractivity contribution in [2.45, 2.75) is 38.5 Å². The Bertz CT molecular complexity index is 820. The largest absolute Gasteiger partial charge is 0.487 e. The van der Waals surface area contributed by atoms with Gasteiger partial charge in [-0.3, -0.25) is 30.3 Å². The molecule has 0 atom stereocenters. The summed E-state index contributed by atoms with van der Waals surface area (Å²) in [5.74, 6) is -0.966. The summed E-state index contributed by atoms with van der Waals surface area (Å²) in [6.07, 6.45) is 8.11. The van der Waals surface area contributed by atoms with Crippen molar-refractivity contribution in [3.63, 3.8) is 0 Å². The van der Waals surface area contributed by atoms with Gasteiger partial charge in [0.1, 0.15) is 5.57 Å². The molecule has 0 radical (unpaired) electrons. The zero-order valence-electron chi connectivity index (χ0n) is 15.2. The van der Waals surface area contributed by atoms with E-state index in [-0.39, 0.29) is 22.6 Å². The van der Waals surface area contributed by atoms with Crippen molar-refractivity contribution >= 4 is 29.6 Å². The average molecular weight is 387 g/mol. The maximum absolute atomic E-state index is 11.8. The number of amides is 4. The van der Waals surface area contributed by atoms with Gasteiger partial charge in [0.05, 0.1) is 11.5 Å². The normalized spacial score (nSPS) is 17.7. The molecule has 1 aromatic carbocycles. The van der Waals surface area contributed by atoms with Crippen LogP contribution >= 0.6 is 0 Å². The zero-order chi connectivity index (χ0) is 20.1. The summed E-state index contributed by atoms with van der Waals surface area (Å²) in [4.78, 5) is 45.5. The summed E-state index contributed by atoms with van der Waals surface area (Å²) in [6, 6.07) is 3.31. The Balaban J connectivity index is 1.72. The van der Waals surface area contributed by atoms with Crippen LogP contribution in [-0.2, 0) is 9.59 Å². The molecule has 1 aliphatic heterocycles. The molecule has 0 aromatic heterocycles. The lowest BCUT2D eigenvalue weighted by molar-refractivity contribution is -0.385. The zero-order valence-corrected chi connectivity index (χ0v) is 15.2. The number of imide groups is 2. The number of barbiturate groups is 1. The van der Waals surface area contributed by atoms with Crippen LogP contribution in [0.5, 0.6) is 5.75 Å². The van der Waals surface area contributed by atoms with Crippen molar-refractivity contribution in [1.29, 1.82) is 0 Å². The van der Waals surface area contributed by atoms with Gasteiger partial charge in [-0.1, -0.05) is 38.2 Å². The Labute approximate surface area is 161 Å². The van der Waals surface area contributed by atoms with E-state index in [4.69, 9.17) is 4.74 Å². The van der Waals surface area contributed by atoms with Gasteiger partial charge in [0.2, 0.25) is 0 Å². The number of hydrogen-bond donors (Lipinski definition) is 2. The Hall–Kier alpha value is -3.23. The van der Waals surface area contributed by atoms with E-state index < -0.39 is 22.8 Å². The summed E-state index contributed by atoms with van der Waals surface area (Å²) >= 11 is 0. The highest BCUT2D eigenvalue weighted by atomic mass is 16.6. The maximum atomic E-state index is 11.8. The summed E-state index contributed by atoms with van der Waals surface area (Å²) < 4.78 is 5.64. The van der Waals surface area contributed by atoms with Crippen molar-refractivity contribution in [3.8, 4) is 5.75 Å². The van der Waals surface area contributed by atoms with Gasteiger partial charge in [-0.2, -0.15) is 0 Å². The maximum Gasteiger partial charge on any atom is 0.328 e. The number of urea groups is 1. The summed E-state index contributed by atoms with van der Waals surface area (Å²) in [6.45, 7) is 0.402. The van der Waals surface area contributed by atoms with Gasteiger partial charge in [-0.25, -0.2) is 4.79 Å². The number of hydrogen-bond acceptors (Lipinski definition) is 6. The Morgan fingerprint density at radius 2 is 1.79 bits per heavy atom. The predicted molar refractivity (Wildman–Crippen MR) is 99.4 cm³/mol. The van der Waals surface area contributed by atoms with Crippen LogP contribution in [0.3, 0.4) is 0 Å². The Morgan fingerprint density at radius 1 is 1.11 bits per heavy atom. The number of nitrogens with one attached hydrogen (secondary N) is 2. The van der Waals surface area contributed by atoms with Crippen LogP contribution in [-0.4, -0.2) is 29.4 Å². The lowest BCUT2D eigenvalue weighted by Gasteiger charge is -2.21. The molecule has 9 nitrogen and oxygen atoms in total. The SMILES string of the molecule is O=C1NC(=O)C(=Cc2ccc(OCCC3CCCCC3)c([N+](=O)[O-])c2)C(=O)N1. The monoisotopic (exact) mass is 387 g/mol. The molecule has 0 unspecified atom stereocenters. The first-order valence-electron chi connectivity index (χ1n) is 9.23. The molecule has 9 heteroatoms. The molecule has 28 heavy (non-hydrogen) atoms. The van der Waals surface area contributed by atoms with Crippen molar-refractivity contribution in [2.24, 2.45) is 5.92 Å². The third-order valence-electron chi connectivity index (χ3n) is 4.94. The van der Waals surface area contributed by atoms with Crippen LogP contribution < -0.4 is 15.4 Å². The van der Waals surface area contributed by atoms with Gasteiger partial charge >= 0.3 is 11.7 Å². The highest BCUT2D eigenvalue weighted by Crippen LogP contribution is 2.31. The third kappa shape index (κ3) is 4.73. The molecule has 1 aliphatic carbocycles. The van der Waals surface area contributed by atoms with Crippen molar-refractivity contribution in [1.82, 2.24) is 10.6 Å². The van der Waals surface area contributed by atoms with Gasteiger partial charge in [0, 0.05) is 6.07 Å². The van der Waals surface area contributed by atoms with Gasteiger partial charge < -0.3 is 4.74 Å². The number of carbonyl (C=O) groups excluding carboxylic acids is 3. The smallest absolute Gasteiger partial charge is 0.328 e. The van der Waals surface area contributed by atoms with Crippen LogP contribution in [0.4, 0.5) is 10.5 Å². The predicted octanol–water partition coefficient (Wildman–Crippen LogP) is 2.69. The number of carbonyl (C=O) groups is 3. The van der Waals surface area contributed by atoms with E-state index in [1.807, 2.05) is 10.6 Å². The molecule has 2 fully saturated rings. The second-order valence-corrected chi connectivity index (χ2v) is 6.92. The van der Waals surface area contributed by atoms with Crippen LogP contribution in [0.25, 0.3) is 6.08 Å². The number of nitro benzene ring substituents is 1. The highest BCUT2D eigenvalue weighted by Gasteiger charge is 2.28. The van der Waals surface area contributed by atoms with Crippen LogP contribution in [0.15, 0.2) is 23.8 Å². The minimum atomic E-state index is -0.903. The fourth-order valence-electron chi connectivity index (χ4n) is 3.47. The number of nitro groups is 1. The minimum Gasteiger partial charge on any atom is -0.487 e. The molecule has 1 saturated carbocycles. The van der Waals surface area contributed by atoms with Gasteiger partial charge in [-0.05, 0) is 30.0 Å². The first-order valence-corrected chi connectivity index (χ1v) is 9.23. The lowest BCUT2D eigenvalue weighted by Crippen LogP contribution is -2.51. The summed E-state index contributed by atoms with van der Waals surface area (Å²) in [7, 11) is 0. The molecule has 0 spiro atoms. The molecule has 0 bridgehead atoms. The topological polar surface area (TPSA) is 128 Å². The molecular formula is C19H21N3O6. The van der Waals surface area contributed by atoms with Crippen LogP contribution in [0, 0.1) is 16.0 Å². The lowest BCUT2D eigenvalue weighted by atomic mass is 9.87. The standard InChI is InChI=1S/C19H21N3O6/c23-17-14(18(24)21-19(25)20-17)10-13-6-7-16(15(11-13)22(26)27)28-9-8-12-4-2-1-3-5-12/h6-7,10-12H,1-5,8-9H2,(H2,20,21,23,24,25). The number of ether oxygens (including phenoxy) is 1. The molecule has 1 saturated heterocycles. The van der Waals surface area contributed by atoms with E-state index in [0.29, 0.717) is 12.5 Å². The van der Waals surface area contributed by atoms with E-state index in [1.165, 1.54) is 56.4 Å². The van der Waals surface area contributed by atoms with E-state index >= 15 is 0 Å². The first kappa shape index (κ1) is 19.5. The fourth-order valence-corrected chi connectivity index (χ4v) is 3.47. The van der Waals surface area contributed by atoms with Crippen LogP contribution in [0.1, 0.15) is 44.1 Å². The molecule has 2 aliphatic rings. The summed E-state index contributed by atoms with van der Waals surface area (Å²) in [5, 5.41) is 15.3. The number of benzene rings is 1. The van der Waals surface area contributed by atoms with Crippen LogP contribution in [0.2, 0.25) is 0 Å². The molecule has 2 N–H and O–H groups in total. The molecule has 3 rings (SSSR count). The summed E-state index contributed by atoms with van der Waals surface area (Å²) in [5.41, 5.74) is -0.272. The molecule has 148 valence electrons. The Morgan fingerprint density at radius 3 is 2.43 bits per heavy atom. The van der Waals surface area contributed by atoms with Crippen molar-refractivity contribution in [2.75, 3.05) is 6.61 Å². The van der Waals surface area contributed by atoms with E-state index in [0.717, 1.165) is 6.42 Å². The minimum absolute atomic E-state index is 0.149. The Kier molecular flexibility index (Phi) is 6.03. The van der Waals surface area contributed by atoms with Crippen molar-refractivity contribution in [3.05, 3.63) is 39.4 Å². The van der Waals surface area contributed by atoms with Gasteiger partial charge in [0.25, 0.3) is 11.8 Å². The van der Waals surface area contributed by atoms with Gasteiger partial charge in [-0.15, -0.1) is 0 Å². The third-order valence-corrected chi connectivity index (χ3v) is 4.94. The molecular weight excluding hydrogens is 366 g/mol. The number of nitrogens with zero attached hydrogens (tertiary/aromatic N) is 1. The number of rotatable bonds is 6. The fraction of sp³-hybridized carbons (Fsp3) is 0.421. The molecule has 1 aromatic rings. The molecule has 4 amide bonds. The second-order valence-electron chi connectivity index (χ2n) is 6.92. The van der Waals surface area contributed by atoms with E-state index in [2.05, 4.69) is 0 Å².